The van der Waals surface area contributed by atoms with Gasteiger partial charge in [0.2, 0.25) is 0 Å². The maximum Gasteiger partial charge on any atom is 0.338 e. The van der Waals surface area contributed by atoms with E-state index in [0.717, 1.165) is 12.8 Å². The number of fused-ring (bicyclic) bond motifs is 4. The number of hydrogen-bond donors (Lipinski definition) is 0. The van der Waals surface area contributed by atoms with Crippen LogP contribution in [0.5, 0.6) is 0 Å². The van der Waals surface area contributed by atoms with Crippen LogP contribution in [0.4, 0.5) is 0 Å². The Hall–Kier alpha value is -2.19. The Labute approximate surface area is 175 Å². The highest BCUT2D eigenvalue weighted by Gasteiger charge is 2.65. The molecule has 0 spiro atoms. The molecule has 3 heterocycles. The van der Waals surface area contributed by atoms with Crippen LogP contribution in [0.2, 0.25) is 0 Å². The van der Waals surface area contributed by atoms with Crippen LogP contribution in [0.25, 0.3) is 0 Å². The van der Waals surface area contributed by atoms with Gasteiger partial charge in [0.1, 0.15) is 18.8 Å². The average molecular weight is 420 g/mol. The van der Waals surface area contributed by atoms with Crippen LogP contribution in [0.1, 0.15) is 53.9 Å². The van der Waals surface area contributed by atoms with Crippen LogP contribution in [0.3, 0.4) is 0 Å². The van der Waals surface area contributed by atoms with E-state index >= 15 is 0 Å². The van der Waals surface area contributed by atoms with Crippen LogP contribution in [0.15, 0.2) is 22.8 Å². The van der Waals surface area contributed by atoms with Crippen molar-refractivity contribution in [3.8, 4) is 0 Å². The van der Waals surface area contributed by atoms with Crippen LogP contribution in [-0.2, 0) is 38.1 Å². The molecule has 0 aromatic heterocycles. The van der Waals surface area contributed by atoms with Crippen molar-refractivity contribution < 1.29 is 38.1 Å². The van der Waals surface area contributed by atoms with Gasteiger partial charge < -0.3 is 23.7 Å². The van der Waals surface area contributed by atoms with Gasteiger partial charge in [-0.1, -0.05) is 6.08 Å². The smallest absolute Gasteiger partial charge is 0.338 e. The van der Waals surface area contributed by atoms with Crippen molar-refractivity contribution in [3.05, 3.63) is 22.8 Å². The maximum atomic E-state index is 12.7. The summed E-state index contributed by atoms with van der Waals surface area (Å²) in [6, 6.07) is 0. The SMILES string of the molecule is C/C=C(\C)C(=O)O[C@H]1C[C@@]2(C)O[C@@H]2CC[C@@]2(C)O[C@@H]2[C@H]2OC(=O)C(COC(C)=O)=C12. The molecular formula is C22H28O8. The van der Waals surface area contributed by atoms with Gasteiger partial charge in [0, 0.05) is 24.5 Å². The van der Waals surface area contributed by atoms with Crippen molar-refractivity contribution >= 4 is 17.9 Å². The summed E-state index contributed by atoms with van der Waals surface area (Å²) >= 11 is 0. The highest BCUT2D eigenvalue weighted by Crippen LogP contribution is 2.54. The molecular weight excluding hydrogens is 392 g/mol. The molecule has 0 aromatic carbocycles. The molecule has 2 saturated heterocycles. The van der Waals surface area contributed by atoms with Crippen molar-refractivity contribution in [1.29, 1.82) is 0 Å². The minimum absolute atomic E-state index is 0.0373. The molecule has 0 radical (unpaired) electrons. The third-order valence-electron chi connectivity index (χ3n) is 6.65. The Kier molecular flexibility index (Phi) is 5.05. The summed E-state index contributed by atoms with van der Waals surface area (Å²) < 4.78 is 28.6. The topological polar surface area (TPSA) is 104 Å². The summed E-state index contributed by atoms with van der Waals surface area (Å²) in [7, 11) is 0. The number of epoxide rings is 2. The normalized spacial score (nSPS) is 39.9. The number of allylic oxidation sites excluding steroid dienone is 1. The van der Waals surface area contributed by atoms with Gasteiger partial charge in [0.05, 0.1) is 22.9 Å². The Morgan fingerprint density at radius 2 is 1.93 bits per heavy atom. The van der Waals surface area contributed by atoms with Gasteiger partial charge in [-0.3, -0.25) is 4.79 Å². The van der Waals surface area contributed by atoms with E-state index in [-0.39, 0.29) is 24.4 Å². The summed E-state index contributed by atoms with van der Waals surface area (Å²) in [5.41, 5.74) is 0.283. The standard InChI is InChI=1S/C22H28O8/c1-6-11(2)19(24)27-14-9-22(5)15(29-22)7-8-21(4)18(30-21)17-16(14)13(20(25)28-17)10-26-12(3)23/h6,14-15,17-18H,7-10H2,1-5H3/b11-6+/t14-,15+,17-,18+,21+,22+/m0/s1. The molecule has 0 unspecified atom stereocenters. The van der Waals surface area contributed by atoms with Gasteiger partial charge in [-0.05, 0) is 40.5 Å². The number of esters is 3. The van der Waals surface area contributed by atoms with Crippen LogP contribution < -0.4 is 0 Å². The first-order valence-electron chi connectivity index (χ1n) is 10.3. The zero-order valence-electron chi connectivity index (χ0n) is 18.0. The summed E-state index contributed by atoms with van der Waals surface area (Å²) in [4.78, 5) is 36.7. The monoisotopic (exact) mass is 420 g/mol. The average Bonchev–Trinajstić information content (AvgIpc) is 3.50. The Balaban J connectivity index is 1.75. The predicted octanol–water partition coefficient (Wildman–Crippen LogP) is 2.15. The van der Waals surface area contributed by atoms with Crippen molar-refractivity contribution in [2.75, 3.05) is 6.61 Å². The van der Waals surface area contributed by atoms with Crippen molar-refractivity contribution in [2.45, 2.75) is 89.5 Å². The third kappa shape index (κ3) is 3.67. The summed E-state index contributed by atoms with van der Waals surface area (Å²) in [6.07, 6.45) is 1.92. The zero-order chi connectivity index (χ0) is 21.8. The third-order valence-corrected chi connectivity index (χ3v) is 6.65. The number of carbonyl (C=O) groups excluding carboxylic acids is 3. The molecule has 8 nitrogen and oxygen atoms in total. The lowest BCUT2D eigenvalue weighted by Gasteiger charge is -2.26. The van der Waals surface area contributed by atoms with Gasteiger partial charge in [0.15, 0.2) is 6.10 Å². The second-order valence-electron chi connectivity index (χ2n) is 8.92. The molecule has 4 aliphatic rings. The second kappa shape index (κ2) is 7.20. The number of rotatable bonds is 4. The van der Waals surface area contributed by atoms with Crippen LogP contribution in [-0.4, -0.2) is 60.1 Å². The molecule has 4 rings (SSSR count). The quantitative estimate of drug-likeness (QED) is 0.295. The molecule has 3 fully saturated rings. The van der Waals surface area contributed by atoms with E-state index in [1.807, 2.05) is 13.8 Å². The first-order valence-corrected chi connectivity index (χ1v) is 10.3. The molecule has 0 bridgehead atoms. The molecule has 1 aliphatic carbocycles. The summed E-state index contributed by atoms with van der Waals surface area (Å²) in [6.45, 7) is 8.43. The van der Waals surface area contributed by atoms with E-state index in [1.54, 1.807) is 19.9 Å². The number of ether oxygens (including phenoxy) is 5. The lowest BCUT2D eigenvalue weighted by Crippen LogP contribution is -2.36. The molecule has 0 N–H and O–H groups in total. The minimum atomic E-state index is -0.754. The molecule has 8 heteroatoms. The minimum Gasteiger partial charge on any atom is -0.461 e. The fraction of sp³-hybridized carbons (Fsp3) is 0.682. The van der Waals surface area contributed by atoms with E-state index in [0.29, 0.717) is 17.6 Å². The van der Waals surface area contributed by atoms with Crippen molar-refractivity contribution in [2.24, 2.45) is 0 Å². The molecule has 6 atom stereocenters. The second-order valence-corrected chi connectivity index (χ2v) is 8.92. The fourth-order valence-electron chi connectivity index (χ4n) is 4.47. The lowest BCUT2D eigenvalue weighted by molar-refractivity contribution is -0.144. The molecule has 0 amide bonds. The summed E-state index contributed by atoms with van der Waals surface area (Å²) in [5, 5.41) is 0. The largest absolute Gasteiger partial charge is 0.461 e. The van der Waals surface area contributed by atoms with Crippen molar-refractivity contribution in [1.82, 2.24) is 0 Å². The maximum absolute atomic E-state index is 12.7. The molecule has 0 aromatic rings. The highest BCUT2D eigenvalue weighted by molar-refractivity contribution is 5.94. The zero-order valence-corrected chi connectivity index (χ0v) is 18.0. The molecule has 30 heavy (non-hydrogen) atoms. The van der Waals surface area contributed by atoms with Gasteiger partial charge >= 0.3 is 17.9 Å². The Bertz CT molecular complexity index is 857. The number of carbonyl (C=O) groups is 3. The van der Waals surface area contributed by atoms with E-state index in [4.69, 9.17) is 23.7 Å². The van der Waals surface area contributed by atoms with Crippen LogP contribution >= 0.6 is 0 Å². The van der Waals surface area contributed by atoms with Gasteiger partial charge in [0.25, 0.3) is 0 Å². The first-order chi connectivity index (χ1) is 14.1. The van der Waals surface area contributed by atoms with E-state index < -0.39 is 41.3 Å². The fourth-order valence-corrected chi connectivity index (χ4v) is 4.47. The van der Waals surface area contributed by atoms with E-state index in [9.17, 15) is 14.4 Å². The highest BCUT2D eigenvalue weighted by atomic mass is 16.7. The van der Waals surface area contributed by atoms with E-state index in [1.165, 1.54) is 6.92 Å². The van der Waals surface area contributed by atoms with Gasteiger partial charge in [-0.25, -0.2) is 9.59 Å². The molecule has 164 valence electrons. The van der Waals surface area contributed by atoms with Crippen molar-refractivity contribution in [3.63, 3.8) is 0 Å². The first kappa shape index (κ1) is 21.1. The lowest BCUT2D eigenvalue weighted by atomic mass is 9.83. The number of hydrogen-bond acceptors (Lipinski definition) is 8. The van der Waals surface area contributed by atoms with Gasteiger partial charge in [-0.15, -0.1) is 0 Å². The predicted molar refractivity (Wildman–Crippen MR) is 103 cm³/mol. The Morgan fingerprint density at radius 3 is 2.60 bits per heavy atom. The summed E-state index contributed by atoms with van der Waals surface area (Å²) in [5.74, 6) is -1.56. The van der Waals surface area contributed by atoms with Gasteiger partial charge in [-0.2, -0.15) is 0 Å². The molecule has 3 aliphatic heterocycles. The molecule has 1 saturated carbocycles. The van der Waals surface area contributed by atoms with Crippen LogP contribution in [0, 0.1) is 0 Å². The van der Waals surface area contributed by atoms with E-state index in [2.05, 4.69) is 0 Å². The Morgan fingerprint density at radius 1 is 1.20 bits per heavy atom.